The quantitative estimate of drug-likeness (QED) is 0.706. The molecule has 0 bridgehead atoms. The Kier molecular flexibility index (Phi) is 2.41. The molecule has 4 nitrogen and oxygen atoms in total. The molecule has 2 heterocycles. The molecule has 88 valence electrons. The molecule has 2 aromatic heterocycles. The molecule has 0 aliphatic heterocycles. The highest BCUT2D eigenvalue weighted by atomic mass is 16.1. The van der Waals surface area contributed by atoms with Gasteiger partial charge < -0.3 is 4.98 Å². The number of H-pyrrole nitrogens is 1. The Morgan fingerprint density at radius 3 is 2.89 bits per heavy atom. The van der Waals surface area contributed by atoms with Gasteiger partial charge in [-0.1, -0.05) is 12.1 Å². The van der Waals surface area contributed by atoms with Crippen molar-refractivity contribution in [3.05, 3.63) is 58.8 Å². The number of hydrogen-bond acceptors (Lipinski definition) is 3. The van der Waals surface area contributed by atoms with Crippen LogP contribution in [0.2, 0.25) is 0 Å². The van der Waals surface area contributed by atoms with Gasteiger partial charge in [-0.05, 0) is 30.7 Å². The maximum absolute atomic E-state index is 11.6. The third-order valence-corrected chi connectivity index (χ3v) is 2.92. The molecule has 1 N–H and O–H groups in total. The van der Waals surface area contributed by atoms with Gasteiger partial charge in [-0.3, -0.25) is 9.78 Å². The molecule has 0 fully saturated rings. The van der Waals surface area contributed by atoms with Crippen molar-refractivity contribution >= 4 is 10.9 Å². The lowest BCUT2D eigenvalue weighted by Gasteiger charge is -2.05. The van der Waals surface area contributed by atoms with E-state index < -0.39 is 0 Å². The maximum Gasteiger partial charge on any atom is 0.258 e. The zero-order valence-electron chi connectivity index (χ0n) is 9.84. The van der Waals surface area contributed by atoms with Crippen molar-refractivity contribution in [3.8, 4) is 11.3 Å². The number of rotatable bonds is 1. The Morgan fingerprint density at radius 1 is 1.17 bits per heavy atom. The molecule has 0 radical (unpaired) electrons. The monoisotopic (exact) mass is 237 g/mol. The fourth-order valence-corrected chi connectivity index (χ4v) is 2.00. The molecule has 0 saturated heterocycles. The average Bonchev–Trinajstić information content (AvgIpc) is 2.39. The van der Waals surface area contributed by atoms with Crippen molar-refractivity contribution in [2.45, 2.75) is 6.92 Å². The zero-order valence-corrected chi connectivity index (χ0v) is 9.84. The number of aryl methyl sites for hydroxylation is 1. The SMILES string of the molecule is Cc1cccnc1-c1ccc2c(=O)[nH]cnc2c1. The van der Waals surface area contributed by atoms with Gasteiger partial charge in [-0.15, -0.1) is 0 Å². The lowest BCUT2D eigenvalue weighted by molar-refractivity contribution is 1.17. The molecule has 0 amide bonds. The van der Waals surface area contributed by atoms with Gasteiger partial charge in [-0.25, -0.2) is 4.98 Å². The van der Waals surface area contributed by atoms with Gasteiger partial charge in [0.15, 0.2) is 0 Å². The van der Waals surface area contributed by atoms with Crippen LogP contribution in [0.15, 0.2) is 47.7 Å². The topological polar surface area (TPSA) is 58.6 Å². The van der Waals surface area contributed by atoms with Crippen LogP contribution < -0.4 is 5.56 Å². The standard InChI is InChI=1S/C14H11N3O/c1-9-3-2-6-15-13(9)10-4-5-11-12(7-10)16-8-17-14(11)18/h2-8H,1H3,(H,16,17,18). The second-order valence-corrected chi connectivity index (χ2v) is 4.13. The number of hydrogen-bond donors (Lipinski definition) is 1. The fraction of sp³-hybridized carbons (Fsp3) is 0.0714. The van der Waals surface area contributed by atoms with E-state index in [1.165, 1.54) is 6.33 Å². The molecule has 0 spiro atoms. The molecule has 18 heavy (non-hydrogen) atoms. The van der Waals surface area contributed by atoms with Gasteiger partial charge in [0.2, 0.25) is 0 Å². The summed E-state index contributed by atoms with van der Waals surface area (Å²) in [5.74, 6) is 0. The van der Waals surface area contributed by atoms with E-state index in [4.69, 9.17) is 0 Å². The fourth-order valence-electron chi connectivity index (χ4n) is 2.00. The van der Waals surface area contributed by atoms with Gasteiger partial charge in [0.05, 0.1) is 22.9 Å². The second kappa shape index (κ2) is 4.07. The van der Waals surface area contributed by atoms with Crippen LogP contribution in [0.5, 0.6) is 0 Å². The van der Waals surface area contributed by atoms with Crippen molar-refractivity contribution in [1.82, 2.24) is 15.0 Å². The predicted molar refractivity (Wildman–Crippen MR) is 70.3 cm³/mol. The number of fused-ring (bicyclic) bond motifs is 1. The molecule has 0 atom stereocenters. The molecule has 0 saturated carbocycles. The summed E-state index contributed by atoms with van der Waals surface area (Å²) in [5.41, 5.74) is 3.55. The molecule has 3 rings (SSSR count). The van der Waals surface area contributed by atoms with Crippen LogP contribution in [0.25, 0.3) is 22.2 Å². The summed E-state index contributed by atoms with van der Waals surface area (Å²) in [6, 6.07) is 9.49. The highest BCUT2D eigenvalue weighted by Gasteiger charge is 2.05. The van der Waals surface area contributed by atoms with Gasteiger partial charge >= 0.3 is 0 Å². The summed E-state index contributed by atoms with van der Waals surface area (Å²) < 4.78 is 0. The number of nitrogens with zero attached hydrogens (tertiary/aromatic N) is 2. The van der Waals surface area contributed by atoms with Crippen LogP contribution in [-0.4, -0.2) is 15.0 Å². The number of benzene rings is 1. The highest BCUT2D eigenvalue weighted by molar-refractivity contribution is 5.83. The Morgan fingerprint density at radius 2 is 2.06 bits per heavy atom. The molecular formula is C14H11N3O. The first-order valence-electron chi connectivity index (χ1n) is 5.65. The number of aromatic nitrogens is 3. The number of pyridine rings is 1. The molecule has 0 aliphatic rings. The van der Waals surface area contributed by atoms with Crippen LogP contribution >= 0.6 is 0 Å². The average molecular weight is 237 g/mol. The van der Waals surface area contributed by atoms with E-state index >= 15 is 0 Å². The molecular weight excluding hydrogens is 226 g/mol. The van der Waals surface area contributed by atoms with Crippen molar-refractivity contribution in [2.24, 2.45) is 0 Å². The first-order valence-corrected chi connectivity index (χ1v) is 5.65. The second-order valence-electron chi connectivity index (χ2n) is 4.13. The Labute approximate surface area is 103 Å². The molecule has 1 aromatic carbocycles. The minimum Gasteiger partial charge on any atom is -0.313 e. The largest absolute Gasteiger partial charge is 0.313 e. The Balaban J connectivity index is 2.27. The van der Waals surface area contributed by atoms with Crippen LogP contribution in [-0.2, 0) is 0 Å². The summed E-state index contributed by atoms with van der Waals surface area (Å²) >= 11 is 0. The minimum atomic E-state index is -0.121. The van der Waals surface area contributed by atoms with E-state index in [9.17, 15) is 4.79 Å². The Bertz CT molecular complexity index is 777. The zero-order chi connectivity index (χ0) is 12.5. The molecule has 3 aromatic rings. The first-order chi connectivity index (χ1) is 8.75. The minimum absolute atomic E-state index is 0.121. The van der Waals surface area contributed by atoms with Gasteiger partial charge in [0, 0.05) is 11.8 Å². The van der Waals surface area contributed by atoms with Gasteiger partial charge in [0.25, 0.3) is 5.56 Å². The third kappa shape index (κ3) is 1.68. The summed E-state index contributed by atoms with van der Waals surface area (Å²) in [5, 5.41) is 0.592. The van der Waals surface area contributed by atoms with E-state index in [-0.39, 0.29) is 5.56 Å². The smallest absolute Gasteiger partial charge is 0.258 e. The molecule has 4 heteroatoms. The van der Waals surface area contributed by atoms with Gasteiger partial charge in [0.1, 0.15) is 0 Å². The third-order valence-electron chi connectivity index (χ3n) is 2.92. The highest BCUT2D eigenvalue weighted by Crippen LogP contribution is 2.22. The Hall–Kier alpha value is -2.49. The van der Waals surface area contributed by atoms with Crippen molar-refractivity contribution in [2.75, 3.05) is 0 Å². The summed E-state index contributed by atoms with van der Waals surface area (Å²) in [6.45, 7) is 2.01. The van der Waals surface area contributed by atoms with Crippen molar-refractivity contribution in [3.63, 3.8) is 0 Å². The van der Waals surface area contributed by atoms with E-state index in [0.29, 0.717) is 10.9 Å². The predicted octanol–water partition coefficient (Wildman–Crippen LogP) is 2.29. The van der Waals surface area contributed by atoms with E-state index in [1.807, 2.05) is 31.2 Å². The maximum atomic E-state index is 11.6. The number of nitrogens with one attached hydrogen (secondary N) is 1. The van der Waals surface area contributed by atoms with Crippen LogP contribution in [0.4, 0.5) is 0 Å². The normalized spacial score (nSPS) is 10.7. The van der Waals surface area contributed by atoms with E-state index in [0.717, 1.165) is 16.8 Å². The van der Waals surface area contributed by atoms with Crippen molar-refractivity contribution < 1.29 is 0 Å². The van der Waals surface area contributed by atoms with Gasteiger partial charge in [-0.2, -0.15) is 0 Å². The van der Waals surface area contributed by atoms with Crippen molar-refractivity contribution in [1.29, 1.82) is 0 Å². The van der Waals surface area contributed by atoms with E-state index in [1.54, 1.807) is 12.3 Å². The number of aromatic amines is 1. The summed E-state index contributed by atoms with van der Waals surface area (Å²) in [6.07, 6.45) is 3.18. The first kappa shape index (κ1) is 10.7. The molecule has 0 aliphatic carbocycles. The lowest BCUT2D eigenvalue weighted by atomic mass is 10.1. The van der Waals surface area contributed by atoms with Crippen LogP contribution in [0, 0.1) is 6.92 Å². The summed E-state index contributed by atoms with van der Waals surface area (Å²) in [7, 11) is 0. The molecule has 0 unspecified atom stereocenters. The lowest BCUT2D eigenvalue weighted by Crippen LogP contribution is -2.05. The summed E-state index contributed by atoms with van der Waals surface area (Å²) in [4.78, 5) is 22.7. The van der Waals surface area contributed by atoms with Crippen LogP contribution in [0.1, 0.15) is 5.56 Å². The van der Waals surface area contributed by atoms with E-state index in [2.05, 4.69) is 15.0 Å². The van der Waals surface area contributed by atoms with Crippen LogP contribution in [0.3, 0.4) is 0 Å².